The fraction of sp³-hybridized carbons (Fsp3) is 0.182. The number of aromatic amines is 1. The van der Waals surface area contributed by atoms with Gasteiger partial charge in [-0.1, -0.05) is 6.07 Å². The second-order valence-electron chi connectivity index (χ2n) is 3.83. The van der Waals surface area contributed by atoms with Crippen LogP contribution in [0.5, 0.6) is 5.75 Å². The molecule has 0 aliphatic rings. The lowest BCUT2D eigenvalue weighted by molar-refractivity contribution is 0.417. The molecule has 1 heterocycles. The van der Waals surface area contributed by atoms with Crippen LogP contribution in [0.25, 0.3) is 0 Å². The Balaban J connectivity index is 2.09. The van der Waals surface area contributed by atoms with E-state index in [-0.39, 0.29) is 11.4 Å². The number of anilines is 1. The molecule has 4 N–H and O–H groups in total. The first kappa shape index (κ1) is 13.4. The third kappa shape index (κ3) is 3.04. The van der Waals surface area contributed by atoms with Crippen molar-refractivity contribution in [3.05, 3.63) is 36.2 Å². The molecule has 0 saturated carbocycles. The van der Waals surface area contributed by atoms with E-state index in [1.807, 2.05) is 0 Å². The lowest BCUT2D eigenvalue weighted by Crippen LogP contribution is -2.22. The summed E-state index contributed by atoms with van der Waals surface area (Å²) in [6.07, 6.45) is 2.55. The van der Waals surface area contributed by atoms with Crippen LogP contribution in [-0.2, 0) is 16.6 Å². The van der Waals surface area contributed by atoms with E-state index >= 15 is 0 Å². The average Bonchev–Trinajstić information content (AvgIpc) is 2.91. The molecule has 0 fully saturated rings. The van der Waals surface area contributed by atoms with Gasteiger partial charge in [0.05, 0.1) is 19.0 Å². The Morgan fingerprint density at radius 1 is 1.47 bits per heavy atom. The van der Waals surface area contributed by atoms with Crippen molar-refractivity contribution in [3.63, 3.8) is 0 Å². The number of H-pyrrole nitrogens is 1. The monoisotopic (exact) mass is 282 g/mol. The van der Waals surface area contributed by atoms with Crippen LogP contribution < -0.4 is 15.2 Å². The Kier molecular flexibility index (Phi) is 3.72. The minimum atomic E-state index is -3.56. The van der Waals surface area contributed by atoms with Crippen molar-refractivity contribution >= 4 is 15.7 Å². The normalized spacial score (nSPS) is 11.4. The third-order valence-corrected chi connectivity index (χ3v) is 3.91. The van der Waals surface area contributed by atoms with Gasteiger partial charge < -0.3 is 10.5 Å². The van der Waals surface area contributed by atoms with Gasteiger partial charge in [-0.3, -0.25) is 5.10 Å². The highest BCUT2D eigenvalue weighted by Gasteiger charge is 2.14. The highest BCUT2D eigenvalue weighted by molar-refractivity contribution is 7.89. The number of aromatic nitrogens is 2. The number of benzene rings is 1. The van der Waals surface area contributed by atoms with Gasteiger partial charge in [-0.05, 0) is 17.7 Å². The molecule has 102 valence electrons. The van der Waals surface area contributed by atoms with Crippen LogP contribution in [0.2, 0.25) is 0 Å². The van der Waals surface area contributed by atoms with Gasteiger partial charge in [0.25, 0.3) is 0 Å². The first-order valence-electron chi connectivity index (χ1n) is 5.44. The summed E-state index contributed by atoms with van der Waals surface area (Å²) in [7, 11) is -2.04. The van der Waals surface area contributed by atoms with E-state index in [9.17, 15) is 8.42 Å². The molecule has 0 spiro atoms. The first-order valence-corrected chi connectivity index (χ1v) is 6.92. The smallest absolute Gasteiger partial charge is 0.243 e. The minimum Gasteiger partial charge on any atom is -0.495 e. The zero-order valence-electron chi connectivity index (χ0n) is 10.3. The average molecular weight is 282 g/mol. The molecule has 0 unspecified atom stereocenters. The second kappa shape index (κ2) is 5.29. The number of sulfonamides is 1. The maximum absolute atomic E-state index is 11.8. The molecule has 0 atom stereocenters. The zero-order valence-corrected chi connectivity index (χ0v) is 11.1. The number of hydrogen-bond acceptors (Lipinski definition) is 5. The van der Waals surface area contributed by atoms with E-state index in [1.165, 1.54) is 19.5 Å². The zero-order chi connectivity index (χ0) is 13.9. The van der Waals surface area contributed by atoms with Gasteiger partial charge in [0.15, 0.2) is 0 Å². The largest absolute Gasteiger partial charge is 0.495 e. The van der Waals surface area contributed by atoms with Gasteiger partial charge in [-0.25, -0.2) is 13.1 Å². The van der Waals surface area contributed by atoms with E-state index < -0.39 is 10.0 Å². The van der Waals surface area contributed by atoms with Gasteiger partial charge >= 0.3 is 0 Å². The summed E-state index contributed by atoms with van der Waals surface area (Å²) >= 11 is 0. The van der Waals surface area contributed by atoms with Gasteiger partial charge in [-0.2, -0.15) is 5.10 Å². The lowest BCUT2D eigenvalue weighted by atomic mass is 10.2. The number of nitrogens with zero attached hydrogens (tertiary/aromatic N) is 1. The van der Waals surface area contributed by atoms with Gasteiger partial charge in [0.1, 0.15) is 10.6 Å². The van der Waals surface area contributed by atoms with Crippen LogP contribution >= 0.6 is 0 Å². The molecule has 0 bridgehead atoms. The van der Waals surface area contributed by atoms with Crippen molar-refractivity contribution in [2.75, 3.05) is 12.8 Å². The fourth-order valence-corrected chi connectivity index (χ4v) is 2.46. The van der Waals surface area contributed by atoms with Crippen molar-refractivity contribution in [2.45, 2.75) is 11.4 Å². The Morgan fingerprint density at radius 2 is 2.26 bits per heavy atom. The maximum atomic E-state index is 11.8. The number of nitrogen functional groups attached to an aromatic ring is 1. The van der Waals surface area contributed by atoms with E-state index in [2.05, 4.69) is 14.9 Å². The van der Waals surface area contributed by atoms with Crippen LogP contribution in [0, 0.1) is 0 Å². The first-order chi connectivity index (χ1) is 9.03. The molecular weight excluding hydrogens is 268 g/mol. The molecule has 8 heteroatoms. The maximum Gasteiger partial charge on any atom is 0.243 e. The van der Waals surface area contributed by atoms with E-state index in [4.69, 9.17) is 10.5 Å². The number of rotatable bonds is 5. The highest BCUT2D eigenvalue weighted by atomic mass is 32.2. The van der Waals surface area contributed by atoms with E-state index in [0.717, 1.165) is 5.56 Å². The lowest BCUT2D eigenvalue weighted by Gasteiger charge is -2.08. The highest BCUT2D eigenvalue weighted by Crippen LogP contribution is 2.21. The Bertz CT molecular complexity index is 653. The third-order valence-electron chi connectivity index (χ3n) is 2.54. The Hall–Kier alpha value is -2.06. The van der Waals surface area contributed by atoms with Crippen LogP contribution in [0.15, 0.2) is 35.5 Å². The molecule has 0 amide bonds. The van der Waals surface area contributed by atoms with Crippen molar-refractivity contribution in [1.82, 2.24) is 14.9 Å². The summed E-state index contributed by atoms with van der Waals surface area (Å²) in [4.78, 5) is 0.0917. The SMILES string of the molecule is COc1ccc(CNS(=O)(=O)c2cn[nH]c2)cc1N. The molecule has 0 saturated heterocycles. The second-order valence-corrected chi connectivity index (χ2v) is 5.60. The molecule has 2 rings (SSSR count). The summed E-state index contributed by atoms with van der Waals surface area (Å²) in [5.41, 5.74) is 6.95. The van der Waals surface area contributed by atoms with Crippen molar-refractivity contribution in [1.29, 1.82) is 0 Å². The number of nitrogens with two attached hydrogens (primary N) is 1. The molecule has 0 aliphatic carbocycles. The van der Waals surface area contributed by atoms with Crippen LogP contribution in [0.1, 0.15) is 5.56 Å². The van der Waals surface area contributed by atoms with Gasteiger partial charge in [0.2, 0.25) is 10.0 Å². The quantitative estimate of drug-likeness (QED) is 0.691. The molecule has 2 aromatic rings. The van der Waals surface area contributed by atoms with Crippen molar-refractivity contribution in [3.8, 4) is 5.75 Å². The van der Waals surface area contributed by atoms with Crippen LogP contribution in [0.3, 0.4) is 0 Å². The van der Waals surface area contributed by atoms with Crippen molar-refractivity contribution in [2.24, 2.45) is 0 Å². The topological polar surface area (TPSA) is 110 Å². The van der Waals surface area contributed by atoms with Crippen LogP contribution in [0.4, 0.5) is 5.69 Å². The van der Waals surface area contributed by atoms with Crippen molar-refractivity contribution < 1.29 is 13.2 Å². The number of methoxy groups -OCH3 is 1. The predicted octanol–water partition coefficient (Wildman–Crippen LogP) is 0.479. The summed E-state index contributed by atoms with van der Waals surface area (Å²) in [5, 5.41) is 6.05. The number of nitrogens with one attached hydrogen (secondary N) is 2. The molecule has 7 nitrogen and oxygen atoms in total. The molecule has 1 aromatic carbocycles. The number of hydrogen-bond donors (Lipinski definition) is 3. The molecule has 0 aliphatic heterocycles. The van der Waals surface area contributed by atoms with Gasteiger partial charge in [-0.15, -0.1) is 0 Å². The standard InChI is InChI=1S/C11H14N4O3S/c1-18-11-3-2-8(4-10(11)12)5-15-19(16,17)9-6-13-14-7-9/h2-4,6-7,15H,5,12H2,1H3,(H,13,14). The minimum absolute atomic E-state index is 0.0917. The van der Waals surface area contributed by atoms with Gasteiger partial charge in [0, 0.05) is 12.7 Å². The number of ether oxygens (including phenoxy) is 1. The molecular formula is C11H14N4O3S. The summed E-state index contributed by atoms with van der Waals surface area (Å²) in [6.45, 7) is 0.141. The molecule has 19 heavy (non-hydrogen) atoms. The van der Waals surface area contributed by atoms with E-state index in [1.54, 1.807) is 18.2 Å². The molecule has 1 aromatic heterocycles. The summed E-state index contributed by atoms with van der Waals surface area (Å²) < 4.78 is 31.2. The predicted molar refractivity (Wildman–Crippen MR) is 70.0 cm³/mol. The Labute approximate surface area is 110 Å². The molecule has 0 radical (unpaired) electrons. The summed E-state index contributed by atoms with van der Waals surface area (Å²) in [5.74, 6) is 0.557. The van der Waals surface area contributed by atoms with Crippen LogP contribution in [-0.4, -0.2) is 25.7 Å². The Morgan fingerprint density at radius 3 is 2.84 bits per heavy atom. The fourth-order valence-electron chi connectivity index (χ4n) is 1.54. The summed E-state index contributed by atoms with van der Waals surface area (Å²) in [6, 6.07) is 5.10. The van der Waals surface area contributed by atoms with E-state index in [0.29, 0.717) is 11.4 Å².